The Morgan fingerprint density at radius 3 is 2.79 bits per heavy atom. The van der Waals surface area contributed by atoms with Crippen LogP contribution in [0.25, 0.3) is 10.9 Å². The van der Waals surface area contributed by atoms with E-state index in [0.29, 0.717) is 10.9 Å². The maximum atomic E-state index is 11.0. The van der Waals surface area contributed by atoms with E-state index >= 15 is 0 Å². The Hall–Kier alpha value is -1.95. The number of hydrogen-bond acceptors (Lipinski definition) is 4. The summed E-state index contributed by atoms with van der Waals surface area (Å²) in [5, 5.41) is 16.0. The van der Waals surface area contributed by atoms with Crippen LogP contribution in [0.1, 0.15) is 12.8 Å². The summed E-state index contributed by atoms with van der Waals surface area (Å²) >= 11 is 0. The van der Waals surface area contributed by atoms with Gasteiger partial charge in [-0.05, 0) is 32.0 Å². The highest BCUT2D eigenvalue weighted by Gasteiger charge is 2.15. The van der Waals surface area contributed by atoms with Crippen LogP contribution in [0.3, 0.4) is 0 Å². The van der Waals surface area contributed by atoms with Gasteiger partial charge in [0.1, 0.15) is 0 Å². The standard InChI is InChI=1S/C13H16N4O2/c18-17(19)13-5-3-4-12-11(13)10-16(14-12)9-8-15-6-1-2-7-15/h3-5,10H,1-2,6-9H2. The summed E-state index contributed by atoms with van der Waals surface area (Å²) in [6.07, 6.45) is 4.32. The molecule has 6 nitrogen and oxygen atoms in total. The first-order valence-electron chi connectivity index (χ1n) is 6.57. The van der Waals surface area contributed by atoms with Crippen LogP contribution in [0.2, 0.25) is 0 Å². The fraction of sp³-hybridized carbons (Fsp3) is 0.462. The Morgan fingerprint density at radius 1 is 1.26 bits per heavy atom. The molecule has 0 radical (unpaired) electrons. The summed E-state index contributed by atoms with van der Waals surface area (Å²) in [6, 6.07) is 5.02. The zero-order valence-electron chi connectivity index (χ0n) is 10.7. The number of nitro benzene ring substituents is 1. The summed E-state index contributed by atoms with van der Waals surface area (Å²) in [5.41, 5.74) is 0.820. The molecule has 3 rings (SSSR count). The van der Waals surface area contributed by atoms with Crippen molar-refractivity contribution in [1.29, 1.82) is 0 Å². The van der Waals surface area contributed by atoms with Crippen LogP contribution in [0, 0.1) is 10.1 Å². The summed E-state index contributed by atoms with van der Waals surface area (Å²) in [5.74, 6) is 0. The van der Waals surface area contributed by atoms with E-state index in [1.165, 1.54) is 18.9 Å². The van der Waals surface area contributed by atoms with Crippen LogP contribution in [0.4, 0.5) is 5.69 Å². The molecule has 0 bridgehead atoms. The molecule has 6 heteroatoms. The molecule has 0 saturated carbocycles. The van der Waals surface area contributed by atoms with E-state index < -0.39 is 0 Å². The highest BCUT2D eigenvalue weighted by atomic mass is 16.6. The van der Waals surface area contributed by atoms with E-state index in [-0.39, 0.29) is 10.6 Å². The maximum Gasteiger partial charge on any atom is 0.280 e. The summed E-state index contributed by atoms with van der Waals surface area (Å²) in [6.45, 7) is 4.05. The smallest absolute Gasteiger partial charge is 0.280 e. The highest BCUT2D eigenvalue weighted by molar-refractivity contribution is 5.87. The Labute approximate surface area is 110 Å². The van der Waals surface area contributed by atoms with Gasteiger partial charge >= 0.3 is 0 Å². The lowest BCUT2D eigenvalue weighted by atomic mass is 10.2. The minimum absolute atomic E-state index is 0.130. The Bertz CT molecular complexity index is 602. The lowest BCUT2D eigenvalue weighted by Gasteiger charge is -2.13. The van der Waals surface area contributed by atoms with Gasteiger partial charge in [0.15, 0.2) is 0 Å². The van der Waals surface area contributed by atoms with E-state index in [2.05, 4.69) is 10.00 Å². The van der Waals surface area contributed by atoms with E-state index in [1.54, 1.807) is 12.3 Å². The number of likely N-dealkylation sites (tertiary alicyclic amines) is 1. The predicted octanol–water partition coefficient (Wildman–Crippen LogP) is 2.04. The molecule has 2 heterocycles. The molecule has 2 aromatic rings. The third-order valence-corrected chi connectivity index (χ3v) is 3.62. The number of fused-ring (bicyclic) bond motifs is 1. The molecule has 0 spiro atoms. The average molecular weight is 260 g/mol. The quantitative estimate of drug-likeness (QED) is 0.623. The molecule has 0 unspecified atom stereocenters. The van der Waals surface area contributed by atoms with E-state index in [9.17, 15) is 10.1 Å². The van der Waals surface area contributed by atoms with Crippen molar-refractivity contribution in [1.82, 2.24) is 14.7 Å². The van der Waals surface area contributed by atoms with Gasteiger partial charge in [0.25, 0.3) is 5.69 Å². The molecular formula is C13H16N4O2. The van der Waals surface area contributed by atoms with Crippen LogP contribution < -0.4 is 0 Å². The largest absolute Gasteiger partial charge is 0.301 e. The first-order valence-corrected chi connectivity index (χ1v) is 6.57. The number of benzene rings is 1. The molecule has 1 aliphatic rings. The first-order chi connectivity index (χ1) is 9.24. The SMILES string of the molecule is O=[N+]([O-])c1cccc2nn(CCN3CCCC3)cc12. The van der Waals surface area contributed by atoms with Gasteiger partial charge in [-0.2, -0.15) is 5.10 Å². The van der Waals surface area contributed by atoms with Crippen molar-refractivity contribution in [2.75, 3.05) is 19.6 Å². The molecule has 0 aliphatic carbocycles. The van der Waals surface area contributed by atoms with Crippen LogP contribution in [0.5, 0.6) is 0 Å². The number of nitro groups is 1. The van der Waals surface area contributed by atoms with Crippen LogP contribution in [-0.2, 0) is 6.54 Å². The van der Waals surface area contributed by atoms with Gasteiger partial charge in [-0.25, -0.2) is 0 Å². The molecule has 1 aromatic carbocycles. The lowest BCUT2D eigenvalue weighted by Crippen LogP contribution is -2.24. The Balaban J connectivity index is 1.80. The van der Waals surface area contributed by atoms with Crippen molar-refractivity contribution in [2.45, 2.75) is 19.4 Å². The molecule has 0 atom stereocenters. The third kappa shape index (κ3) is 2.44. The lowest BCUT2D eigenvalue weighted by molar-refractivity contribution is -0.383. The minimum atomic E-state index is -0.352. The number of hydrogen-bond donors (Lipinski definition) is 0. The highest BCUT2D eigenvalue weighted by Crippen LogP contribution is 2.24. The monoisotopic (exact) mass is 260 g/mol. The third-order valence-electron chi connectivity index (χ3n) is 3.62. The first kappa shape index (κ1) is 12.1. The van der Waals surface area contributed by atoms with Crippen LogP contribution in [-0.4, -0.2) is 39.2 Å². The Morgan fingerprint density at radius 2 is 2.05 bits per heavy atom. The summed E-state index contributed by atoms with van der Waals surface area (Å²) < 4.78 is 1.82. The second kappa shape index (κ2) is 4.97. The van der Waals surface area contributed by atoms with Gasteiger partial charge < -0.3 is 4.90 Å². The Kier molecular flexibility index (Phi) is 3.16. The van der Waals surface area contributed by atoms with Gasteiger partial charge in [-0.1, -0.05) is 6.07 Å². The number of rotatable bonds is 4. The van der Waals surface area contributed by atoms with Crippen LogP contribution in [0.15, 0.2) is 24.4 Å². The average Bonchev–Trinajstić information content (AvgIpc) is 3.04. The number of non-ortho nitro benzene ring substituents is 1. The maximum absolute atomic E-state index is 11.0. The molecular weight excluding hydrogens is 244 g/mol. The second-order valence-electron chi connectivity index (χ2n) is 4.91. The molecule has 100 valence electrons. The number of aromatic nitrogens is 2. The summed E-state index contributed by atoms with van der Waals surface area (Å²) in [7, 11) is 0. The fourth-order valence-corrected chi connectivity index (χ4v) is 2.60. The molecule has 19 heavy (non-hydrogen) atoms. The van der Waals surface area contributed by atoms with E-state index in [4.69, 9.17) is 0 Å². The van der Waals surface area contributed by atoms with Crippen molar-refractivity contribution in [3.63, 3.8) is 0 Å². The minimum Gasteiger partial charge on any atom is -0.301 e. The molecule has 0 amide bonds. The molecule has 1 fully saturated rings. The van der Waals surface area contributed by atoms with Crippen molar-refractivity contribution >= 4 is 16.6 Å². The van der Waals surface area contributed by atoms with E-state index in [1.807, 2.05) is 10.7 Å². The molecule has 1 saturated heterocycles. The van der Waals surface area contributed by atoms with Gasteiger partial charge in [0.05, 0.1) is 22.4 Å². The van der Waals surface area contributed by atoms with Crippen molar-refractivity contribution < 1.29 is 4.92 Å². The fourth-order valence-electron chi connectivity index (χ4n) is 2.60. The van der Waals surface area contributed by atoms with Crippen molar-refractivity contribution in [2.24, 2.45) is 0 Å². The van der Waals surface area contributed by atoms with Crippen LogP contribution >= 0.6 is 0 Å². The molecule has 1 aromatic heterocycles. The zero-order chi connectivity index (χ0) is 13.2. The topological polar surface area (TPSA) is 64.2 Å². The van der Waals surface area contributed by atoms with Crippen molar-refractivity contribution in [3.8, 4) is 0 Å². The molecule has 0 N–H and O–H groups in total. The number of nitrogens with zero attached hydrogens (tertiary/aromatic N) is 4. The van der Waals surface area contributed by atoms with Gasteiger partial charge in [0, 0.05) is 18.8 Å². The van der Waals surface area contributed by atoms with Gasteiger partial charge in [-0.15, -0.1) is 0 Å². The normalized spacial score (nSPS) is 16.2. The molecule has 1 aliphatic heterocycles. The van der Waals surface area contributed by atoms with Gasteiger partial charge in [-0.3, -0.25) is 14.8 Å². The van der Waals surface area contributed by atoms with Crippen molar-refractivity contribution in [3.05, 3.63) is 34.5 Å². The predicted molar refractivity (Wildman–Crippen MR) is 72.1 cm³/mol. The second-order valence-corrected chi connectivity index (χ2v) is 4.91. The summed E-state index contributed by atoms with van der Waals surface area (Å²) in [4.78, 5) is 13.0. The zero-order valence-corrected chi connectivity index (χ0v) is 10.7. The van der Waals surface area contributed by atoms with Gasteiger partial charge in [0.2, 0.25) is 0 Å². The van der Waals surface area contributed by atoms with E-state index in [0.717, 1.165) is 26.2 Å².